The molecule has 5 heteroatoms. The van der Waals surface area contributed by atoms with Crippen LogP contribution in [0.2, 0.25) is 0 Å². The number of hydrogen-bond acceptors (Lipinski definition) is 3. The number of hydrogen-bond donors (Lipinski definition) is 2. The number of carbonyl (C=O) groups is 2. The highest BCUT2D eigenvalue weighted by molar-refractivity contribution is 6.39. The van der Waals surface area contributed by atoms with Gasteiger partial charge in [0.15, 0.2) is 0 Å². The molecule has 1 aliphatic carbocycles. The number of carboxylic acid groups (broad SMARTS) is 1. The number of aliphatic carboxylic acids is 1. The average molecular weight is 224 g/mol. The van der Waals surface area contributed by atoms with Crippen molar-refractivity contribution in [3.8, 4) is 0 Å². The van der Waals surface area contributed by atoms with Crippen molar-refractivity contribution < 1.29 is 14.7 Å². The predicted octanol–water partition coefficient (Wildman–Crippen LogP) is 0.733. The molecule has 5 nitrogen and oxygen atoms in total. The van der Waals surface area contributed by atoms with E-state index in [0.29, 0.717) is 5.71 Å². The molecule has 1 fully saturated rings. The van der Waals surface area contributed by atoms with Gasteiger partial charge in [0.05, 0.1) is 18.5 Å². The van der Waals surface area contributed by atoms with Crippen LogP contribution in [-0.2, 0) is 9.59 Å². The summed E-state index contributed by atoms with van der Waals surface area (Å²) in [6.07, 6.45) is 4.50. The maximum absolute atomic E-state index is 11.6. The molecule has 1 aliphatic heterocycles. The van der Waals surface area contributed by atoms with Crippen LogP contribution in [0.4, 0.5) is 0 Å². The third kappa shape index (κ3) is 2.40. The maximum atomic E-state index is 11.6. The smallest absolute Gasteiger partial charge is 0.303 e. The third-order valence-electron chi connectivity index (χ3n) is 3.21. The topological polar surface area (TPSA) is 78.8 Å². The zero-order chi connectivity index (χ0) is 11.5. The van der Waals surface area contributed by atoms with Gasteiger partial charge in [-0.05, 0) is 12.8 Å². The molecule has 0 unspecified atom stereocenters. The van der Waals surface area contributed by atoms with E-state index in [9.17, 15) is 9.59 Å². The predicted molar refractivity (Wildman–Crippen MR) is 58.5 cm³/mol. The normalized spacial score (nSPS) is 29.0. The summed E-state index contributed by atoms with van der Waals surface area (Å²) in [5.74, 6) is -1.06. The van der Waals surface area contributed by atoms with E-state index >= 15 is 0 Å². The van der Waals surface area contributed by atoms with E-state index < -0.39 is 5.97 Å². The highest BCUT2D eigenvalue weighted by atomic mass is 16.4. The van der Waals surface area contributed by atoms with Crippen molar-refractivity contribution in [1.82, 2.24) is 5.32 Å². The van der Waals surface area contributed by atoms with Gasteiger partial charge in [0.25, 0.3) is 5.91 Å². The minimum atomic E-state index is -0.888. The lowest BCUT2D eigenvalue weighted by molar-refractivity contribution is -0.136. The molecule has 2 atom stereocenters. The highest BCUT2D eigenvalue weighted by Gasteiger charge is 2.32. The van der Waals surface area contributed by atoms with Gasteiger partial charge in [-0.2, -0.15) is 0 Å². The van der Waals surface area contributed by atoms with E-state index in [-0.39, 0.29) is 30.8 Å². The van der Waals surface area contributed by atoms with Crippen LogP contribution < -0.4 is 5.32 Å². The second kappa shape index (κ2) is 4.63. The molecule has 0 spiro atoms. The third-order valence-corrected chi connectivity index (χ3v) is 3.21. The fourth-order valence-electron chi connectivity index (χ4n) is 2.35. The van der Waals surface area contributed by atoms with Crippen molar-refractivity contribution >= 4 is 17.6 Å². The number of nitrogens with zero attached hydrogens (tertiary/aromatic N) is 1. The van der Waals surface area contributed by atoms with Crippen molar-refractivity contribution in [3.63, 3.8) is 0 Å². The van der Waals surface area contributed by atoms with Crippen LogP contribution in [0, 0.1) is 0 Å². The number of nitrogens with one attached hydrogen (secondary N) is 1. The van der Waals surface area contributed by atoms with E-state index in [1.54, 1.807) is 0 Å². The zero-order valence-corrected chi connectivity index (χ0v) is 9.11. The second-order valence-corrected chi connectivity index (χ2v) is 4.40. The molecule has 0 aromatic rings. The van der Waals surface area contributed by atoms with Crippen LogP contribution in [0.1, 0.15) is 38.5 Å². The summed E-state index contributed by atoms with van der Waals surface area (Å²) in [7, 11) is 0. The summed E-state index contributed by atoms with van der Waals surface area (Å²) < 4.78 is 0. The van der Waals surface area contributed by atoms with E-state index in [0.717, 1.165) is 25.7 Å². The number of carbonyl (C=O) groups excluding carboxylic acids is 1. The van der Waals surface area contributed by atoms with Gasteiger partial charge >= 0.3 is 5.97 Å². The van der Waals surface area contributed by atoms with Gasteiger partial charge in [0.2, 0.25) is 0 Å². The molecule has 16 heavy (non-hydrogen) atoms. The molecule has 2 aliphatic rings. The molecule has 0 aromatic carbocycles. The molecule has 0 radical (unpaired) electrons. The molecule has 2 rings (SSSR count). The van der Waals surface area contributed by atoms with Crippen molar-refractivity contribution in [2.45, 2.75) is 50.6 Å². The number of rotatable bonds is 3. The highest BCUT2D eigenvalue weighted by Crippen LogP contribution is 2.24. The van der Waals surface area contributed by atoms with Gasteiger partial charge in [-0.25, -0.2) is 0 Å². The Morgan fingerprint density at radius 3 is 2.94 bits per heavy atom. The first-order valence-electron chi connectivity index (χ1n) is 5.76. The minimum Gasteiger partial charge on any atom is -0.481 e. The van der Waals surface area contributed by atoms with Crippen molar-refractivity contribution in [3.05, 3.63) is 0 Å². The largest absolute Gasteiger partial charge is 0.481 e. The molecule has 0 saturated heterocycles. The Hall–Kier alpha value is -1.39. The van der Waals surface area contributed by atoms with Gasteiger partial charge in [-0.3, -0.25) is 14.6 Å². The van der Waals surface area contributed by atoms with Crippen LogP contribution in [0.15, 0.2) is 4.99 Å². The van der Waals surface area contributed by atoms with Gasteiger partial charge < -0.3 is 10.4 Å². The van der Waals surface area contributed by atoms with Crippen LogP contribution in [0.3, 0.4) is 0 Å². The number of amides is 1. The van der Waals surface area contributed by atoms with E-state index in [1.165, 1.54) is 0 Å². The summed E-state index contributed by atoms with van der Waals surface area (Å²) in [5.41, 5.74) is 0.408. The summed E-state index contributed by atoms with van der Waals surface area (Å²) in [6, 6.07) is 0.352. The Labute approximate surface area is 93.9 Å². The maximum Gasteiger partial charge on any atom is 0.303 e. The number of carboxylic acids is 1. The van der Waals surface area contributed by atoms with Crippen molar-refractivity contribution in [2.75, 3.05) is 0 Å². The Kier molecular flexibility index (Phi) is 3.22. The average Bonchev–Trinajstić information content (AvgIpc) is 2.26. The first-order chi connectivity index (χ1) is 7.66. The number of fused-ring (bicyclic) bond motifs is 1. The lowest BCUT2D eigenvalue weighted by Gasteiger charge is -2.33. The van der Waals surface area contributed by atoms with E-state index in [1.807, 2.05) is 0 Å². The minimum absolute atomic E-state index is 0.0242. The SMILES string of the molecule is O=C(O)CCC1=N[C@@H]2CCCC[C@@H]2NC1=O. The first kappa shape index (κ1) is 11.1. The molecule has 88 valence electrons. The van der Waals surface area contributed by atoms with Gasteiger partial charge in [0.1, 0.15) is 5.71 Å². The van der Waals surface area contributed by atoms with Crippen LogP contribution in [0.5, 0.6) is 0 Å². The summed E-state index contributed by atoms with van der Waals surface area (Å²) in [6.45, 7) is 0. The first-order valence-corrected chi connectivity index (χ1v) is 5.76. The second-order valence-electron chi connectivity index (χ2n) is 4.40. The molecular formula is C11H16N2O3. The lowest BCUT2D eigenvalue weighted by Crippen LogP contribution is -2.51. The zero-order valence-electron chi connectivity index (χ0n) is 9.11. The van der Waals surface area contributed by atoms with Crippen molar-refractivity contribution in [1.29, 1.82) is 0 Å². The van der Waals surface area contributed by atoms with E-state index in [2.05, 4.69) is 10.3 Å². The molecule has 1 heterocycles. The fourth-order valence-corrected chi connectivity index (χ4v) is 2.35. The fraction of sp³-hybridized carbons (Fsp3) is 0.727. The number of aliphatic imine (C=N–C) groups is 1. The molecule has 0 bridgehead atoms. The summed E-state index contributed by atoms with van der Waals surface area (Å²) >= 11 is 0. The van der Waals surface area contributed by atoms with Gasteiger partial charge in [0, 0.05) is 6.42 Å². The summed E-state index contributed by atoms with van der Waals surface area (Å²) in [4.78, 5) is 26.5. The summed E-state index contributed by atoms with van der Waals surface area (Å²) in [5, 5.41) is 11.5. The quantitative estimate of drug-likeness (QED) is 0.741. The Morgan fingerprint density at radius 1 is 1.44 bits per heavy atom. The molecular weight excluding hydrogens is 208 g/mol. The Balaban J connectivity index is 2.03. The van der Waals surface area contributed by atoms with E-state index in [4.69, 9.17) is 5.11 Å². The molecule has 2 N–H and O–H groups in total. The Bertz CT molecular complexity index is 338. The van der Waals surface area contributed by atoms with Gasteiger partial charge in [-0.15, -0.1) is 0 Å². The monoisotopic (exact) mass is 224 g/mol. The van der Waals surface area contributed by atoms with Crippen LogP contribution in [0.25, 0.3) is 0 Å². The molecule has 1 saturated carbocycles. The van der Waals surface area contributed by atoms with Crippen LogP contribution >= 0.6 is 0 Å². The lowest BCUT2D eigenvalue weighted by atomic mass is 9.89. The molecule has 1 amide bonds. The van der Waals surface area contributed by atoms with Crippen molar-refractivity contribution in [2.24, 2.45) is 4.99 Å². The molecule has 0 aromatic heterocycles. The standard InChI is InChI=1S/C11H16N2O3/c14-10(15)6-5-9-11(16)13-8-4-2-1-3-7(8)12-9/h7-8H,1-6H2,(H,13,16)(H,14,15)/t7-,8+/m1/s1. The Morgan fingerprint density at radius 2 is 2.19 bits per heavy atom. The van der Waals surface area contributed by atoms with Gasteiger partial charge in [-0.1, -0.05) is 12.8 Å². The van der Waals surface area contributed by atoms with Crippen LogP contribution in [-0.4, -0.2) is 34.8 Å².